The SMILES string of the molecule is CC#CCOc1cnc(C(=O)Nc2ccc(F)c(C3(C)Cc4c(F)cncc4C(N)=N3)c2)cn1. The number of anilines is 1. The highest BCUT2D eigenvalue weighted by atomic mass is 19.1. The molecular weight excluding hydrogens is 442 g/mol. The first-order valence-electron chi connectivity index (χ1n) is 10.2. The van der Waals surface area contributed by atoms with E-state index in [9.17, 15) is 13.6 Å². The minimum Gasteiger partial charge on any atom is -0.463 e. The maximum Gasteiger partial charge on any atom is 0.275 e. The smallest absolute Gasteiger partial charge is 0.275 e. The molecule has 0 saturated carbocycles. The highest BCUT2D eigenvalue weighted by Gasteiger charge is 2.36. The summed E-state index contributed by atoms with van der Waals surface area (Å²) in [4.78, 5) is 28.9. The number of pyridine rings is 1. The first-order valence-corrected chi connectivity index (χ1v) is 10.2. The number of nitrogens with zero attached hydrogens (tertiary/aromatic N) is 4. The van der Waals surface area contributed by atoms with Gasteiger partial charge in [-0.25, -0.2) is 18.7 Å². The lowest BCUT2D eigenvalue weighted by Gasteiger charge is -2.32. The van der Waals surface area contributed by atoms with E-state index in [2.05, 4.69) is 37.1 Å². The van der Waals surface area contributed by atoms with E-state index in [1.807, 2.05) is 0 Å². The van der Waals surface area contributed by atoms with Crippen LogP contribution in [0.5, 0.6) is 5.88 Å². The zero-order chi connectivity index (χ0) is 24.3. The molecule has 3 aromatic rings. The third kappa shape index (κ3) is 4.54. The van der Waals surface area contributed by atoms with Crippen molar-refractivity contribution in [3.63, 3.8) is 0 Å². The van der Waals surface area contributed by atoms with Crippen LogP contribution in [0.1, 0.15) is 41.0 Å². The molecule has 1 aliphatic heterocycles. The number of amidine groups is 1. The predicted molar refractivity (Wildman–Crippen MR) is 121 cm³/mol. The Kier molecular flexibility index (Phi) is 6.19. The van der Waals surface area contributed by atoms with Gasteiger partial charge in [0.05, 0.1) is 24.1 Å². The normalized spacial score (nSPS) is 16.5. The van der Waals surface area contributed by atoms with Crippen molar-refractivity contribution in [1.29, 1.82) is 0 Å². The van der Waals surface area contributed by atoms with E-state index >= 15 is 0 Å². The molecule has 34 heavy (non-hydrogen) atoms. The second-order valence-corrected chi connectivity index (χ2v) is 7.70. The first-order chi connectivity index (χ1) is 16.3. The summed E-state index contributed by atoms with van der Waals surface area (Å²) in [7, 11) is 0. The molecular formula is C24H20F2N6O2. The molecule has 1 amide bonds. The molecule has 3 heterocycles. The van der Waals surface area contributed by atoms with Crippen molar-refractivity contribution >= 4 is 17.4 Å². The lowest BCUT2D eigenvalue weighted by atomic mass is 9.82. The van der Waals surface area contributed by atoms with Crippen LogP contribution in [-0.4, -0.2) is 33.3 Å². The fraction of sp³-hybridized carbons (Fsp3) is 0.208. The van der Waals surface area contributed by atoms with E-state index in [0.29, 0.717) is 16.8 Å². The summed E-state index contributed by atoms with van der Waals surface area (Å²) in [5.41, 5.74) is 6.04. The number of nitrogens with one attached hydrogen (secondary N) is 1. The Bertz CT molecular complexity index is 1350. The minimum absolute atomic E-state index is 0.0365. The van der Waals surface area contributed by atoms with E-state index in [0.717, 1.165) is 6.20 Å². The summed E-state index contributed by atoms with van der Waals surface area (Å²) in [5, 5.41) is 2.66. The van der Waals surface area contributed by atoms with Gasteiger partial charge < -0.3 is 15.8 Å². The molecule has 2 aromatic heterocycles. The van der Waals surface area contributed by atoms with E-state index < -0.39 is 23.1 Å². The zero-order valence-corrected chi connectivity index (χ0v) is 18.4. The number of aliphatic imine (C=N–C) groups is 1. The summed E-state index contributed by atoms with van der Waals surface area (Å²) in [6.45, 7) is 3.50. The maximum atomic E-state index is 14.9. The third-order valence-electron chi connectivity index (χ3n) is 5.30. The molecule has 3 N–H and O–H groups in total. The summed E-state index contributed by atoms with van der Waals surface area (Å²) in [5.74, 6) is 4.05. The fourth-order valence-electron chi connectivity index (χ4n) is 3.63. The number of fused-ring (bicyclic) bond motifs is 1. The molecule has 0 aliphatic carbocycles. The van der Waals surface area contributed by atoms with Gasteiger partial charge in [-0.15, -0.1) is 5.92 Å². The number of halogens is 2. The summed E-state index contributed by atoms with van der Waals surface area (Å²) >= 11 is 0. The number of benzene rings is 1. The largest absolute Gasteiger partial charge is 0.463 e. The van der Waals surface area contributed by atoms with Gasteiger partial charge in [0.2, 0.25) is 5.88 Å². The number of nitrogens with two attached hydrogens (primary N) is 1. The Morgan fingerprint density at radius 1 is 1.21 bits per heavy atom. The summed E-state index contributed by atoms with van der Waals surface area (Å²) in [6, 6.07) is 4.06. The second-order valence-electron chi connectivity index (χ2n) is 7.70. The lowest BCUT2D eigenvalue weighted by molar-refractivity contribution is 0.102. The number of ether oxygens (including phenoxy) is 1. The quantitative estimate of drug-likeness (QED) is 0.564. The van der Waals surface area contributed by atoms with Crippen LogP contribution < -0.4 is 15.8 Å². The van der Waals surface area contributed by atoms with Crippen molar-refractivity contribution in [1.82, 2.24) is 15.0 Å². The van der Waals surface area contributed by atoms with Gasteiger partial charge in [-0.2, -0.15) is 0 Å². The van der Waals surface area contributed by atoms with Crippen molar-refractivity contribution in [2.45, 2.75) is 25.8 Å². The Hall–Kier alpha value is -4.39. The van der Waals surface area contributed by atoms with Crippen LogP contribution in [0.2, 0.25) is 0 Å². The van der Waals surface area contributed by atoms with Gasteiger partial charge in [0.15, 0.2) is 6.61 Å². The topological polar surface area (TPSA) is 115 Å². The highest BCUT2D eigenvalue weighted by molar-refractivity contribution is 6.03. The van der Waals surface area contributed by atoms with Crippen LogP contribution in [0.4, 0.5) is 14.5 Å². The molecule has 0 fully saturated rings. The van der Waals surface area contributed by atoms with Gasteiger partial charge in [0.1, 0.15) is 23.2 Å². The molecule has 1 atom stereocenters. The molecule has 0 bridgehead atoms. The molecule has 0 radical (unpaired) electrons. The molecule has 172 valence electrons. The van der Waals surface area contributed by atoms with Gasteiger partial charge >= 0.3 is 0 Å². The third-order valence-corrected chi connectivity index (χ3v) is 5.30. The number of hydrogen-bond acceptors (Lipinski definition) is 7. The Labute approximate surface area is 194 Å². The molecule has 10 heteroatoms. The van der Waals surface area contributed by atoms with E-state index in [-0.39, 0.29) is 36.0 Å². The number of hydrogen-bond donors (Lipinski definition) is 2. The number of carbonyl (C=O) groups is 1. The van der Waals surface area contributed by atoms with Crippen molar-refractivity contribution in [3.8, 4) is 17.7 Å². The van der Waals surface area contributed by atoms with Crippen molar-refractivity contribution < 1.29 is 18.3 Å². The summed E-state index contributed by atoms with van der Waals surface area (Å²) in [6.07, 6.45) is 5.15. The van der Waals surface area contributed by atoms with E-state index in [1.165, 1.54) is 36.8 Å². The predicted octanol–water partition coefficient (Wildman–Crippen LogP) is 2.98. The van der Waals surface area contributed by atoms with E-state index in [1.54, 1.807) is 13.8 Å². The van der Waals surface area contributed by atoms with Gasteiger partial charge in [-0.05, 0) is 32.0 Å². The van der Waals surface area contributed by atoms with Crippen LogP contribution in [0.15, 0.2) is 48.0 Å². The first kappa shape index (κ1) is 22.8. The van der Waals surface area contributed by atoms with Gasteiger partial charge in [-0.3, -0.25) is 14.8 Å². The van der Waals surface area contributed by atoms with Crippen LogP contribution >= 0.6 is 0 Å². The zero-order valence-electron chi connectivity index (χ0n) is 18.4. The number of carbonyl (C=O) groups excluding carboxylic acids is 1. The molecule has 1 aromatic carbocycles. The average molecular weight is 462 g/mol. The molecule has 0 spiro atoms. The Balaban J connectivity index is 1.57. The van der Waals surface area contributed by atoms with Crippen LogP contribution in [0, 0.1) is 23.5 Å². The van der Waals surface area contributed by atoms with Crippen LogP contribution in [-0.2, 0) is 12.0 Å². The molecule has 1 unspecified atom stereocenters. The van der Waals surface area contributed by atoms with Gasteiger partial charge in [-0.1, -0.05) is 5.92 Å². The molecule has 1 aliphatic rings. The fourth-order valence-corrected chi connectivity index (χ4v) is 3.63. The van der Waals surface area contributed by atoms with Crippen molar-refractivity contribution in [2.24, 2.45) is 10.7 Å². The van der Waals surface area contributed by atoms with Crippen LogP contribution in [0.3, 0.4) is 0 Å². The molecule has 8 nitrogen and oxygen atoms in total. The van der Waals surface area contributed by atoms with E-state index in [4.69, 9.17) is 10.5 Å². The standard InChI is InChI=1S/C24H20F2N6O2/c1-3-4-7-34-21-13-29-20(12-30-21)23(33)31-14-5-6-18(25)17(8-14)24(2)9-15-16(22(27)32-24)10-28-11-19(15)26/h5-6,8,10-13H,7,9H2,1-2H3,(H2,27,32)(H,31,33). The highest BCUT2D eigenvalue weighted by Crippen LogP contribution is 2.37. The summed E-state index contributed by atoms with van der Waals surface area (Å²) < 4.78 is 34.5. The van der Waals surface area contributed by atoms with Crippen molar-refractivity contribution in [2.75, 3.05) is 11.9 Å². The average Bonchev–Trinajstić information content (AvgIpc) is 2.81. The Morgan fingerprint density at radius 2 is 2.03 bits per heavy atom. The monoisotopic (exact) mass is 462 g/mol. The maximum absolute atomic E-state index is 14.9. The number of aromatic nitrogens is 3. The molecule has 4 rings (SSSR count). The molecule has 0 saturated heterocycles. The van der Waals surface area contributed by atoms with Gasteiger partial charge in [0.25, 0.3) is 5.91 Å². The lowest BCUT2D eigenvalue weighted by Crippen LogP contribution is -2.35. The number of rotatable bonds is 5. The minimum atomic E-state index is -1.19. The van der Waals surface area contributed by atoms with Crippen LogP contribution in [0.25, 0.3) is 0 Å². The Morgan fingerprint density at radius 3 is 2.76 bits per heavy atom. The van der Waals surface area contributed by atoms with Gasteiger partial charge in [0, 0.05) is 35.0 Å². The second kappa shape index (κ2) is 9.23. The number of amides is 1. The van der Waals surface area contributed by atoms with Crippen molar-refractivity contribution in [3.05, 3.63) is 77.0 Å².